The number of alkyl halides is 3. The second-order valence-electron chi connectivity index (χ2n) is 8.62. The molecular weight excluding hydrogens is 441 g/mol. The lowest BCUT2D eigenvalue weighted by atomic mass is 10.1. The zero-order valence-electron chi connectivity index (χ0n) is 18.7. The first-order valence-electron chi connectivity index (χ1n) is 11.3. The van der Waals surface area contributed by atoms with Gasteiger partial charge in [-0.15, -0.1) is 0 Å². The molecule has 1 aliphatic rings. The number of nitrogen functional groups attached to an aromatic ring is 1. The van der Waals surface area contributed by atoms with Crippen LogP contribution in [0.5, 0.6) is 0 Å². The fraction of sp³-hybridized carbons (Fsp3) is 0.308. The highest BCUT2D eigenvalue weighted by molar-refractivity contribution is 5.79. The van der Waals surface area contributed by atoms with Crippen molar-refractivity contribution in [3.05, 3.63) is 83.4 Å². The fourth-order valence-corrected chi connectivity index (χ4v) is 4.22. The molecule has 0 bridgehead atoms. The van der Waals surface area contributed by atoms with Crippen LogP contribution in [0.2, 0.25) is 0 Å². The minimum atomic E-state index is -4.41. The first kappa shape index (κ1) is 23.8. The number of amides is 1. The van der Waals surface area contributed by atoms with Crippen molar-refractivity contribution < 1.29 is 18.0 Å². The van der Waals surface area contributed by atoms with E-state index in [0.717, 1.165) is 55.9 Å². The summed E-state index contributed by atoms with van der Waals surface area (Å²) in [7, 11) is 0. The highest BCUT2D eigenvalue weighted by Gasteiger charge is 2.30. The van der Waals surface area contributed by atoms with Crippen molar-refractivity contribution in [2.24, 2.45) is 0 Å². The minimum absolute atomic E-state index is 0.00953. The molecule has 1 fully saturated rings. The predicted octanol–water partition coefficient (Wildman–Crippen LogP) is 4.33. The van der Waals surface area contributed by atoms with E-state index >= 15 is 0 Å². The Balaban J connectivity index is 1.23. The van der Waals surface area contributed by atoms with Gasteiger partial charge in [-0.1, -0.05) is 48.5 Å². The number of rotatable bonds is 7. The van der Waals surface area contributed by atoms with Gasteiger partial charge < -0.3 is 16.0 Å². The number of carbonyl (C=O) groups is 1. The Morgan fingerprint density at radius 2 is 1.82 bits per heavy atom. The summed E-state index contributed by atoms with van der Waals surface area (Å²) in [5, 5.41) is 2.96. The lowest BCUT2D eigenvalue weighted by molar-refractivity contribution is -0.137. The summed E-state index contributed by atoms with van der Waals surface area (Å²) in [5.41, 5.74) is 8.46. The fourth-order valence-electron chi connectivity index (χ4n) is 4.22. The molecule has 0 radical (unpaired) electrons. The monoisotopic (exact) mass is 468 g/mol. The smallest absolute Gasteiger partial charge is 0.384 e. The van der Waals surface area contributed by atoms with Crippen LogP contribution in [0, 0.1) is 0 Å². The van der Waals surface area contributed by atoms with Gasteiger partial charge in [0, 0.05) is 31.2 Å². The van der Waals surface area contributed by atoms with E-state index in [-0.39, 0.29) is 18.4 Å². The third-order valence-corrected chi connectivity index (χ3v) is 5.99. The van der Waals surface area contributed by atoms with Crippen molar-refractivity contribution in [3.8, 4) is 11.3 Å². The number of hydrogen-bond donors (Lipinski definition) is 2. The van der Waals surface area contributed by atoms with E-state index in [4.69, 9.17) is 5.73 Å². The molecule has 0 spiro atoms. The third kappa shape index (κ3) is 6.35. The van der Waals surface area contributed by atoms with E-state index in [2.05, 4.69) is 27.3 Å². The van der Waals surface area contributed by atoms with Crippen LogP contribution in [0.4, 0.5) is 19.0 Å². The largest absolute Gasteiger partial charge is 0.416 e. The van der Waals surface area contributed by atoms with Crippen molar-refractivity contribution in [2.45, 2.75) is 31.5 Å². The summed E-state index contributed by atoms with van der Waals surface area (Å²) in [6, 6.07) is 18.8. The van der Waals surface area contributed by atoms with Gasteiger partial charge >= 0.3 is 6.18 Å². The van der Waals surface area contributed by atoms with Gasteiger partial charge in [0.05, 0.1) is 17.7 Å². The molecular formula is C26H27F3N4O. The van der Waals surface area contributed by atoms with Gasteiger partial charge in [-0.05, 0) is 42.2 Å². The highest BCUT2D eigenvalue weighted by atomic mass is 19.4. The molecule has 0 aliphatic carbocycles. The Kier molecular flexibility index (Phi) is 7.17. The van der Waals surface area contributed by atoms with E-state index < -0.39 is 11.7 Å². The van der Waals surface area contributed by atoms with Gasteiger partial charge in [-0.25, -0.2) is 4.98 Å². The summed E-state index contributed by atoms with van der Waals surface area (Å²) >= 11 is 0. The summed E-state index contributed by atoms with van der Waals surface area (Å²) < 4.78 is 38.6. The van der Waals surface area contributed by atoms with Gasteiger partial charge in [-0.2, -0.15) is 13.2 Å². The molecule has 3 aromatic rings. The molecule has 8 heteroatoms. The second kappa shape index (κ2) is 10.3. The molecule has 1 unspecified atom stereocenters. The van der Waals surface area contributed by atoms with Crippen LogP contribution in [0.1, 0.15) is 23.1 Å². The standard InChI is InChI=1S/C26H27F3N4O/c27-26(28,29)21-4-1-3-19(15-21)16-25(34)31-22-12-14-33(17-22)13-11-18-7-9-20(10-8-18)23-5-2-6-24(30)32-23/h1-10,15,22H,11-14,16-17H2,(H2,30,32)(H,31,34). The molecule has 1 amide bonds. The molecule has 34 heavy (non-hydrogen) atoms. The molecule has 3 N–H and O–H groups in total. The van der Waals surface area contributed by atoms with Crippen LogP contribution in [0.15, 0.2) is 66.7 Å². The molecule has 5 nitrogen and oxygen atoms in total. The van der Waals surface area contributed by atoms with Gasteiger partial charge in [-0.3, -0.25) is 4.79 Å². The number of anilines is 1. The number of hydrogen-bond acceptors (Lipinski definition) is 4. The Morgan fingerprint density at radius 3 is 2.56 bits per heavy atom. The van der Waals surface area contributed by atoms with Gasteiger partial charge in [0.25, 0.3) is 0 Å². The minimum Gasteiger partial charge on any atom is -0.384 e. The number of aromatic nitrogens is 1. The summed E-state index contributed by atoms with van der Waals surface area (Å²) in [6.45, 7) is 2.48. The number of pyridine rings is 1. The van der Waals surface area contributed by atoms with Gasteiger partial charge in [0.2, 0.25) is 5.91 Å². The first-order chi connectivity index (χ1) is 16.3. The van der Waals surface area contributed by atoms with E-state index in [1.165, 1.54) is 11.6 Å². The molecule has 0 saturated carbocycles. The van der Waals surface area contributed by atoms with Crippen molar-refractivity contribution >= 4 is 11.7 Å². The number of nitrogens with zero attached hydrogens (tertiary/aromatic N) is 2. The lowest BCUT2D eigenvalue weighted by Gasteiger charge is -2.17. The number of carbonyl (C=O) groups excluding carboxylic acids is 1. The first-order valence-corrected chi connectivity index (χ1v) is 11.3. The van der Waals surface area contributed by atoms with E-state index in [1.807, 2.05) is 24.3 Å². The van der Waals surface area contributed by atoms with Gasteiger partial charge in [0.1, 0.15) is 5.82 Å². The quantitative estimate of drug-likeness (QED) is 0.542. The predicted molar refractivity (Wildman–Crippen MR) is 126 cm³/mol. The molecule has 1 aliphatic heterocycles. The van der Waals surface area contributed by atoms with Crippen molar-refractivity contribution in [1.82, 2.24) is 15.2 Å². The molecule has 2 aromatic carbocycles. The highest BCUT2D eigenvalue weighted by Crippen LogP contribution is 2.29. The van der Waals surface area contributed by atoms with Crippen LogP contribution in [0.3, 0.4) is 0 Å². The number of nitrogens with two attached hydrogens (primary N) is 1. The van der Waals surface area contributed by atoms with Crippen molar-refractivity contribution in [1.29, 1.82) is 0 Å². The maximum absolute atomic E-state index is 12.9. The van der Waals surface area contributed by atoms with Crippen LogP contribution in [-0.2, 0) is 23.8 Å². The van der Waals surface area contributed by atoms with Crippen LogP contribution in [0.25, 0.3) is 11.3 Å². The molecule has 2 heterocycles. The summed E-state index contributed by atoms with van der Waals surface area (Å²) in [4.78, 5) is 19.0. The topological polar surface area (TPSA) is 71.2 Å². The van der Waals surface area contributed by atoms with Crippen LogP contribution in [-0.4, -0.2) is 41.5 Å². The van der Waals surface area contributed by atoms with Crippen molar-refractivity contribution in [2.75, 3.05) is 25.4 Å². The average Bonchev–Trinajstić information content (AvgIpc) is 3.24. The normalized spacial score (nSPS) is 16.5. The van der Waals surface area contributed by atoms with Crippen LogP contribution < -0.4 is 11.1 Å². The maximum atomic E-state index is 12.9. The Hall–Kier alpha value is -3.39. The molecule has 1 aromatic heterocycles. The van der Waals surface area contributed by atoms with Crippen LogP contribution >= 0.6 is 0 Å². The summed E-state index contributed by atoms with van der Waals surface area (Å²) in [6.07, 6.45) is -2.76. The van der Waals surface area contributed by atoms with Gasteiger partial charge in [0.15, 0.2) is 0 Å². The molecule has 4 rings (SSSR count). The average molecular weight is 469 g/mol. The number of benzene rings is 2. The molecule has 1 saturated heterocycles. The Morgan fingerprint density at radius 1 is 1.06 bits per heavy atom. The number of nitrogens with one attached hydrogen (secondary N) is 1. The Labute approximate surface area is 196 Å². The molecule has 1 atom stereocenters. The number of halogens is 3. The second-order valence-corrected chi connectivity index (χ2v) is 8.62. The zero-order valence-corrected chi connectivity index (χ0v) is 18.7. The zero-order chi connectivity index (χ0) is 24.1. The summed E-state index contributed by atoms with van der Waals surface area (Å²) in [5.74, 6) is 0.240. The number of likely N-dealkylation sites (tertiary alicyclic amines) is 1. The lowest BCUT2D eigenvalue weighted by Crippen LogP contribution is -2.38. The third-order valence-electron chi connectivity index (χ3n) is 5.99. The Bertz CT molecular complexity index is 1130. The van der Waals surface area contributed by atoms with E-state index in [0.29, 0.717) is 11.4 Å². The SMILES string of the molecule is Nc1cccc(-c2ccc(CCN3CCC(NC(=O)Cc4cccc(C(F)(F)F)c4)C3)cc2)n1. The molecule has 178 valence electrons. The van der Waals surface area contributed by atoms with E-state index in [1.54, 1.807) is 12.1 Å². The van der Waals surface area contributed by atoms with Crippen molar-refractivity contribution in [3.63, 3.8) is 0 Å². The van der Waals surface area contributed by atoms with E-state index in [9.17, 15) is 18.0 Å². The maximum Gasteiger partial charge on any atom is 0.416 e.